The topological polar surface area (TPSA) is 80.6 Å². The number of Topliss-reactive ketones (excluding diaryl/α,β-unsaturated/α-hetero) is 1. The molecule has 1 N–H and O–H groups in total. The molecule has 22 heavy (non-hydrogen) atoms. The molecule has 0 aliphatic heterocycles. The minimum absolute atomic E-state index is 0.173. The normalized spacial score (nSPS) is 12.8. The van der Waals surface area contributed by atoms with Crippen LogP contribution in [0.2, 0.25) is 0 Å². The van der Waals surface area contributed by atoms with Crippen molar-refractivity contribution in [1.82, 2.24) is 19.7 Å². The average Bonchev–Trinajstić information content (AvgIpc) is 3.06. The number of ketones is 1. The van der Waals surface area contributed by atoms with Crippen LogP contribution in [-0.2, 0) is 7.05 Å². The molecule has 0 aromatic carbocycles. The van der Waals surface area contributed by atoms with Gasteiger partial charge >= 0.3 is 0 Å². The van der Waals surface area contributed by atoms with Crippen molar-refractivity contribution >= 4 is 29.3 Å². The van der Waals surface area contributed by atoms with E-state index in [1.54, 1.807) is 41.5 Å². The van der Waals surface area contributed by atoms with Crippen molar-refractivity contribution in [1.29, 1.82) is 0 Å². The molecule has 0 fully saturated rings. The molecule has 0 atom stereocenters. The molecule has 0 spiro atoms. The number of aryl methyl sites for hydroxylation is 1. The number of H-pyrrole nitrogens is 1. The van der Waals surface area contributed by atoms with Gasteiger partial charge in [-0.05, 0) is 18.2 Å². The lowest BCUT2D eigenvalue weighted by Crippen LogP contribution is -2.19. The lowest BCUT2D eigenvalue weighted by Gasteiger charge is -1.91. The molecule has 0 aliphatic rings. The van der Waals surface area contributed by atoms with Gasteiger partial charge in [0.15, 0.2) is 5.78 Å². The van der Waals surface area contributed by atoms with Gasteiger partial charge in [0.05, 0.1) is 15.4 Å². The van der Waals surface area contributed by atoms with Gasteiger partial charge in [-0.2, -0.15) is 5.10 Å². The summed E-state index contributed by atoms with van der Waals surface area (Å²) < 4.78 is 2.71. The molecule has 0 bridgehead atoms. The molecule has 3 heterocycles. The van der Waals surface area contributed by atoms with Crippen molar-refractivity contribution in [3.05, 3.63) is 67.6 Å². The Labute approximate surface area is 129 Å². The number of aromatic nitrogens is 4. The minimum Gasteiger partial charge on any atom is -0.313 e. The van der Waals surface area contributed by atoms with Gasteiger partial charge in [-0.3, -0.25) is 19.3 Å². The van der Waals surface area contributed by atoms with Gasteiger partial charge in [0.2, 0.25) is 0 Å². The first kappa shape index (κ1) is 14.2. The van der Waals surface area contributed by atoms with Crippen LogP contribution in [0.15, 0.2) is 41.7 Å². The third-order valence-electron chi connectivity index (χ3n) is 2.93. The monoisotopic (exact) mass is 312 g/mol. The summed E-state index contributed by atoms with van der Waals surface area (Å²) in [6.45, 7) is 0. The largest absolute Gasteiger partial charge is 0.313 e. The van der Waals surface area contributed by atoms with E-state index in [0.29, 0.717) is 14.8 Å². The fourth-order valence-corrected chi connectivity index (χ4v) is 2.79. The Balaban J connectivity index is 1.99. The highest BCUT2D eigenvalue weighted by molar-refractivity contribution is 7.07. The van der Waals surface area contributed by atoms with Crippen LogP contribution in [0.4, 0.5) is 0 Å². The van der Waals surface area contributed by atoms with Crippen LogP contribution in [0.25, 0.3) is 12.2 Å². The van der Waals surface area contributed by atoms with Gasteiger partial charge in [0.1, 0.15) is 0 Å². The van der Waals surface area contributed by atoms with E-state index in [4.69, 9.17) is 0 Å². The van der Waals surface area contributed by atoms with Crippen LogP contribution < -0.4 is 14.8 Å². The summed E-state index contributed by atoms with van der Waals surface area (Å²) >= 11 is 1.23. The summed E-state index contributed by atoms with van der Waals surface area (Å²) in [5, 5.41) is 4.05. The third kappa shape index (κ3) is 3.09. The van der Waals surface area contributed by atoms with Crippen LogP contribution in [0, 0.1) is 0 Å². The molecule has 0 unspecified atom stereocenters. The number of carbonyl (C=O) groups is 1. The first-order valence-corrected chi connectivity index (χ1v) is 7.29. The maximum absolute atomic E-state index is 12.1. The second-order valence-electron chi connectivity index (χ2n) is 4.62. The Hall–Kier alpha value is -2.80. The summed E-state index contributed by atoms with van der Waals surface area (Å²) in [6.07, 6.45) is 9.75. The van der Waals surface area contributed by atoms with Crippen molar-refractivity contribution in [2.45, 2.75) is 0 Å². The molecule has 0 amide bonds. The number of thiazole rings is 1. The highest BCUT2D eigenvalue weighted by Gasteiger charge is 2.02. The van der Waals surface area contributed by atoms with Crippen molar-refractivity contribution in [2.24, 2.45) is 7.05 Å². The van der Waals surface area contributed by atoms with Crippen LogP contribution in [0.3, 0.4) is 0 Å². The van der Waals surface area contributed by atoms with Crippen LogP contribution in [-0.4, -0.2) is 25.5 Å². The molecule has 0 saturated carbocycles. The SMILES string of the molecule is Cn1cc(/C=c2\s/c(=C\C(=O)c3ccncc3)[nH]c2=O)cn1. The molecule has 0 aliphatic carbocycles. The minimum atomic E-state index is -0.220. The van der Waals surface area contributed by atoms with Crippen molar-refractivity contribution in [3.8, 4) is 0 Å². The van der Waals surface area contributed by atoms with E-state index >= 15 is 0 Å². The molecule has 3 rings (SSSR count). The standard InChI is InChI=1S/C15H12N4O2S/c1-19-9-10(8-17-19)6-13-15(21)18-14(22-13)7-12(20)11-2-4-16-5-3-11/h2-9H,1H3,(H,18,21)/b13-6-,14-7-. The number of aromatic amines is 1. The first-order chi connectivity index (χ1) is 10.6. The van der Waals surface area contributed by atoms with Crippen LogP contribution in [0.5, 0.6) is 0 Å². The Kier molecular flexibility index (Phi) is 3.80. The van der Waals surface area contributed by atoms with Gasteiger partial charge in [-0.15, -0.1) is 11.3 Å². The van der Waals surface area contributed by atoms with Crippen LogP contribution >= 0.6 is 11.3 Å². The average molecular weight is 312 g/mol. The third-order valence-corrected chi connectivity index (χ3v) is 3.89. The summed E-state index contributed by atoms with van der Waals surface area (Å²) in [5.41, 5.74) is 1.14. The number of nitrogens with zero attached hydrogens (tertiary/aromatic N) is 3. The summed E-state index contributed by atoms with van der Waals surface area (Å²) in [7, 11) is 1.81. The number of hydrogen-bond acceptors (Lipinski definition) is 5. The summed E-state index contributed by atoms with van der Waals surface area (Å²) in [4.78, 5) is 30.6. The maximum atomic E-state index is 12.1. The Bertz CT molecular complexity index is 982. The van der Waals surface area contributed by atoms with E-state index in [1.807, 2.05) is 13.2 Å². The van der Waals surface area contributed by atoms with E-state index in [-0.39, 0.29) is 11.3 Å². The number of pyridine rings is 1. The van der Waals surface area contributed by atoms with E-state index in [9.17, 15) is 9.59 Å². The first-order valence-electron chi connectivity index (χ1n) is 6.47. The fraction of sp³-hybridized carbons (Fsp3) is 0.0667. The molecule has 3 aromatic heterocycles. The molecule has 110 valence electrons. The number of carbonyl (C=O) groups excluding carboxylic acids is 1. The van der Waals surface area contributed by atoms with Gasteiger partial charge in [-0.1, -0.05) is 0 Å². The summed E-state index contributed by atoms with van der Waals surface area (Å²) in [5.74, 6) is -0.173. The van der Waals surface area contributed by atoms with E-state index < -0.39 is 0 Å². The van der Waals surface area contributed by atoms with Gasteiger partial charge in [-0.25, -0.2) is 0 Å². The van der Waals surface area contributed by atoms with Gasteiger partial charge in [0.25, 0.3) is 5.56 Å². The highest BCUT2D eigenvalue weighted by atomic mass is 32.1. The molecular formula is C15H12N4O2S. The van der Waals surface area contributed by atoms with Crippen molar-refractivity contribution in [2.75, 3.05) is 0 Å². The Morgan fingerprint density at radius 3 is 2.82 bits per heavy atom. The number of hydrogen-bond donors (Lipinski definition) is 1. The smallest absolute Gasteiger partial charge is 0.266 e. The Morgan fingerprint density at radius 2 is 2.14 bits per heavy atom. The molecular weight excluding hydrogens is 300 g/mol. The lowest BCUT2D eigenvalue weighted by molar-refractivity contribution is 0.106. The van der Waals surface area contributed by atoms with Crippen molar-refractivity contribution in [3.63, 3.8) is 0 Å². The molecule has 3 aromatic rings. The quantitative estimate of drug-likeness (QED) is 0.693. The Morgan fingerprint density at radius 1 is 1.36 bits per heavy atom. The highest BCUT2D eigenvalue weighted by Crippen LogP contribution is 1.99. The molecule has 0 saturated heterocycles. The van der Waals surface area contributed by atoms with E-state index in [2.05, 4.69) is 15.1 Å². The van der Waals surface area contributed by atoms with E-state index in [0.717, 1.165) is 5.56 Å². The zero-order chi connectivity index (χ0) is 15.5. The predicted octanol–water partition coefficient (Wildman–Crippen LogP) is 0.0571. The predicted molar refractivity (Wildman–Crippen MR) is 84.0 cm³/mol. The van der Waals surface area contributed by atoms with Gasteiger partial charge < -0.3 is 4.98 Å². The zero-order valence-electron chi connectivity index (χ0n) is 11.7. The molecule has 7 heteroatoms. The fourth-order valence-electron chi connectivity index (χ4n) is 1.91. The lowest BCUT2D eigenvalue weighted by atomic mass is 10.2. The second kappa shape index (κ2) is 5.90. The van der Waals surface area contributed by atoms with E-state index in [1.165, 1.54) is 17.4 Å². The summed E-state index contributed by atoms with van der Waals surface area (Å²) in [6, 6.07) is 3.26. The van der Waals surface area contributed by atoms with Gasteiger partial charge in [0, 0.05) is 42.8 Å². The number of nitrogens with one attached hydrogen (secondary N) is 1. The zero-order valence-corrected chi connectivity index (χ0v) is 12.5. The van der Waals surface area contributed by atoms with Crippen LogP contribution in [0.1, 0.15) is 15.9 Å². The number of rotatable bonds is 3. The van der Waals surface area contributed by atoms with Crippen molar-refractivity contribution < 1.29 is 4.79 Å². The maximum Gasteiger partial charge on any atom is 0.266 e. The second-order valence-corrected chi connectivity index (χ2v) is 5.70. The molecule has 6 nitrogen and oxygen atoms in total. The molecule has 0 radical (unpaired) electrons.